The summed E-state index contributed by atoms with van der Waals surface area (Å²) < 4.78 is 0. The zero-order valence-electron chi connectivity index (χ0n) is 17.1. The van der Waals surface area contributed by atoms with E-state index < -0.39 is 11.8 Å². The van der Waals surface area contributed by atoms with Gasteiger partial charge in [-0.25, -0.2) is 0 Å². The Morgan fingerprint density at radius 2 is 1.57 bits per heavy atom. The molecule has 2 fully saturated rings. The van der Waals surface area contributed by atoms with E-state index in [2.05, 4.69) is 34.6 Å². The average Bonchev–Trinajstić information content (AvgIpc) is 3.58. The van der Waals surface area contributed by atoms with Crippen molar-refractivity contribution in [3.8, 4) is 0 Å². The summed E-state index contributed by atoms with van der Waals surface area (Å²) in [6.07, 6.45) is 2.06. The van der Waals surface area contributed by atoms with Crippen LogP contribution in [0.5, 0.6) is 0 Å². The van der Waals surface area contributed by atoms with Crippen LogP contribution in [-0.4, -0.2) is 54.8 Å². The van der Waals surface area contributed by atoms with Crippen LogP contribution in [0, 0.1) is 6.92 Å². The highest BCUT2D eigenvalue weighted by atomic mass is 16.2. The van der Waals surface area contributed by atoms with Gasteiger partial charge in [0.1, 0.15) is 0 Å². The Bertz CT molecular complexity index is 945. The Morgan fingerprint density at radius 3 is 2.20 bits per heavy atom. The Kier molecular flexibility index (Phi) is 5.70. The van der Waals surface area contributed by atoms with E-state index in [1.54, 1.807) is 29.2 Å². The molecule has 3 amide bonds. The first-order valence-corrected chi connectivity index (χ1v) is 10.3. The topological polar surface area (TPSA) is 81.8 Å². The van der Waals surface area contributed by atoms with Crippen molar-refractivity contribution < 1.29 is 14.4 Å². The molecule has 30 heavy (non-hydrogen) atoms. The molecular formula is C23H26N4O3. The van der Waals surface area contributed by atoms with E-state index in [0.29, 0.717) is 43.5 Å². The number of piperazine rings is 1. The number of para-hydroxylation sites is 1. The Morgan fingerprint density at radius 1 is 0.900 bits per heavy atom. The number of benzene rings is 2. The van der Waals surface area contributed by atoms with Gasteiger partial charge in [-0.1, -0.05) is 18.2 Å². The SMILES string of the molecule is Cc1ccccc1N1CCN(C(=O)C(=O)Nc2ccc(C(=O)NC3CC3)cc2)CC1. The van der Waals surface area contributed by atoms with Gasteiger partial charge in [0.2, 0.25) is 0 Å². The van der Waals surface area contributed by atoms with Crippen LogP contribution in [-0.2, 0) is 9.59 Å². The summed E-state index contributed by atoms with van der Waals surface area (Å²) in [5.74, 6) is -1.30. The minimum atomic E-state index is -0.658. The van der Waals surface area contributed by atoms with E-state index in [0.717, 1.165) is 12.8 Å². The molecule has 2 N–H and O–H groups in total. The molecule has 1 aliphatic carbocycles. The number of hydrogen-bond donors (Lipinski definition) is 2. The molecule has 1 heterocycles. The molecule has 2 aromatic rings. The fourth-order valence-electron chi connectivity index (χ4n) is 3.60. The van der Waals surface area contributed by atoms with Crippen molar-refractivity contribution in [3.05, 3.63) is 59.7 Å². The molecule has 1 aliphatic heterocycles. The van der Waals surface area contributed by atoms with Crippen LogP contribution in [0.4, 0.5) is 11.4 Å². The highest BCUT2D eigenvalue weighted by Crippen LogP contribution is 2.21. The van der Waals surface area contributed by atoms with Crippen LogP contribution in [0.1, 0.15) is 28.8 Å². The van der Waals surface area contributed by atoms with Crippen LogP contribution >= 0.6 is 0 Å². The van der Waals surface area contributed by atoms with Gasteiger partial charge in [-0.3, -0.25) is 14.4 Å². The first-order chi connectivity index (χ1) is 14.5. The molecule has 2 aromatic carbocycles. The molecule has 156 valence electrons. The van der Waals surface area contributed by atoms with Gasteiger partial charge in [-0.15, -0.1) is 0 Å². The first-order valence-electron chi connectivity index (χ1n) is 10.3. The number of anilines is 2. The Labute approximate surface area is 176 Å². The molecule has 0 unspecified atom stereocenters. The molecule has 7 nitrogen and oxygen atoms in total. The van der Waals surface area contributed by atoms with Gasteiger partial charge in [-0.2, -0.15) is 0 Å². The fraction of sp³-hybridized carbons (Fsp3) is 0.348. The van der Waals surface area contributed by atoms with Crippen LogP contribution in [0.3, 0.4) is 0 Å². The minimum absolute atomic E-state index is 0.113. The monoisotopic (exact) mass is 406 g/mol. The van der Waals surface area contributed by atoms with E-state index in [-0.39, 0.29) is 5.91 Å². The van der Waals surface area contributed by atoms with Crippen molar-refractivity contribution in [2.45, 2.75) is 25.8 Å². The summed E-state index contributed by atoms with van der Waals surface area (Å²) in [6.45, 7) is 4.45. The number of nitrogens with one attached hydrogen (secondary N) is 2. The molecule has 2 aliphatic rings. The molecule has 0 atom stereocenters. The predicted molar refractivity (Wildman–Crippen MR) is 116 cm³/mol. The van der Waals surface area contributed by atoms with E-state index in [4.69, 9.17) is 0 Å². The van der Waals surface area contributed by atoms with Crippen molar-refractivity contribution in [2.24, 2.45) is 0 Å². The van der Waals surface area contributed by atoms with Crippen molar-refractivity contribution in [1.82, 2.24) is 10.2 Å². The Balaban J connectivity index is 1.29. The van der Waals surface area contributed by atoms with Crippen LogP contribution in [0.2, 0.25) is 0 Å². The van der Waals surface area contributed by atoms with Gasteiger partial charge in [0.15, 0.2) is 0 Å². The maximum Gasteiger partial charge on any atom is 0.313 e. The third-order valence-corrected chi connectivity index (χ3v) is 5.53. The highest BCUT2D eigenvalue weighted by molar-refractivity contribution is 6.39. The zero-order valence-corrected chi connectivity index (χ0v) is 17.1. The van der Waals surface area contributed by atoms with E-state index in [9.17, 15) is 14.4 Å². The predicted octanol–water partition coefficient (Wildman–Crippen LogP) is 2.17. The molecule has 0 bridgehead atoms. The van der Waals surface area contributed by atoms with Gasteiger partial charge in [0, 0.05) is 49.2 Å². The smallest absolute Gasteiger partial charge is 0.313 e. The largest absolute Gasteiger partial charge is 0.368 e. The lowest BCUT2D eigenvalue weighted by molar-refractivity contribution is -0.143. The summed E-state index contributed by atoms with van der Waals surface area (Å²) in [4.78, 5) is 40.8. The average molecular weight is 406 g/mol. The van der Waals surface area contributed by atoms with Crippen LogP contribution in [0.15, 0.2) is 48.5 Å². The van der Waals surface area contributed by atoms with E-state index in [1.165, 1.54) is 11.3 Å². The number of carbonyl (C=O) groups excluding carboxylic acids is 3. The van der Waals surface area contributed by atoms with Gasteiger partial charge >= 0.3 is 11.8 Å². The van der Waals surface area contributed by atoms with E-state index >= 15 is 0 Å². The number of nitrogens with zero attached hydrogens (tertiary/aromatic N) is 2. The molecule has 1 saturated heterocycles. The van der Waals surface area contributed by atoms with E-state index in [1.807, 2.05) is 12.1 Å². The Hall–Kier alpha value is -3.35. The molecule has 0 radical (unpaired) electrons. The molecule has 0 spiro atoms. The minimum Gasteiger partial charge on any atom is -0.368 e. The second-order valence-corrected chi connectivity index (χ2v) is 7.84. The van der Waals surface area contributed by atoms with Crippen molar-refractivity contribution in [3.63, 3.8) is 0 Å². The quantitative estimate of drug-likeness (QED) is 0.763. The molecule has 1 saturated carbocycles. The van der Waals surface area contributed by atoms with Crippen molar-refractivity contribution >= 4 is 29.1 Å². The number of aryl methyl sites for hydroxylation is 1. The van der Waals surface area contributed by atoms with Gasteiger partial charge in [0.25, 0.3) is 5.91 Å². The zero-order chi connectivity index (χ0) is 21.1. The fourth-order valence-corrected chi connectivity index (χ4v) is 3.60. The van der Waals surface area contributed by atoms with Gasteiger partial charge < -0.3 is 20.4 Å². The molecular weight excluding hydrogens is 380 g/mol. The van der Waals surface area contributed by atoms with Gasteiger partial charge in [0.05, 0.1) is 0 Å². The summed E-state index contributed by atoms with van der Waals surface area (Å²) in [5, 5.41) is 5.55. The molecule has 4 rings (SSSR count). The van der Waals surface area contributed by atoms with Crippen molar-refractivity contribution in [1.29, 1.82) is 0 Å². The van der Waals surface area contributed by atoms with Gasteiger partial charge in [-0.05, 0) is 55.7 Å². The maximum atomic E-state index is 12.5. The van der Waals surface area contributed by atoms with Crippen LogP contribution in [0.25, 0.3) is 0 Å². The lowest BCUT2D eigenvalue weighted by Gasteiger charge is -2.36. The number of hydrogen-bond acceptors (Lipinski definition) is 4. The van der Waals surface area contributed by atoms with Crippen LogP contribution < -0.4 is 15.5 Å². The standard InChI is InChI=1S/C23H26N4O3/c1-16-4-2-3-5-20(16)26-12-14-27(15-13-26)23(30)22(29)25-18-8-6-17(7-9-18)21(28)24-19-10-11-19/h2-9,19H,10-15H2,1H3,(H,24,28)(H,25,29). The molecule has 0 aromatic heterocycles. The summed E-state index contributed by atoms with van der Waals surface area (Å²) in [5.41, 5.74) is 3.40. The third-order valence-electron chi connectivity index (χ3n) is 5.53. The lowest BCUT2D eigenvalue weighted by atomic mass is 10.1. The number of carbonyl (C=O) groups is 3. The third kappa shape index (κ3) is 4.62. The second-order valence-electron chi connectivity index (χ2n) is 7.84. The second kappa shape index (κ2) is 8.57. The summed E-state index contributed by atoms with van der Waals surface area (Å²) in [7, 11) is 0. The maximum absolute atomic E-state index is 12.5. The highest BCUT2D eigenvalue weighted by Gasteiger charge is 2.27. The summed E-state index contributed by atoms with van der Waals surface area (Å²) in [6, 6.07) is 15.0. The lowest BCUT2D eigenvalue weighted by Crippen LogP contribution is -2.51. The number of rotatable bonds is 4. The molecule has 7 heteroatoms. The van der Waals surface area contributed by atoms with Crippen molar-refractivity contribution in [2.75, 3.05) is 36.4 Å². The number of amides is 3. The summed E-state index contributed by atoms with van der Waals surface area (Å²) >= 11 is 0. The normalized spacial score (nSPS) is 16.2. The first kappa shape index (κ1) is 19.9.